The van der Waals surface area contributed by atoms with E-state index < -0.39 is 0 Å². The van der Waals surface area contributed by atoms with Crippen molar-refractivity contribution in [2.75, 3.05) is 25.1 Å². The molecule has 1 unspecified atom stereocenters. The average Bonchev–Trinajstić information content (AvgIpc) is 2.38. The Kier molecular flexibility index (Phi) is 4.18. The second kappa shape index (κ2) is 5.65. The molecule has 2 rings (SSSR count). The van der Waals surface area contributed by atoms with Gasteiger partial charge in [0.05, 0.1) is 18.2 Å². The van der Waals surface area contributed by atoms with Crippen LogP contribution in [0.3, 0.4) is 0 Å². The van der Waals surface area contributed by atoms with E-state index in [2.05, 4.69) is 9.88 Å². The summed E-state index contributed by atoms with van der Waals surface area (Å²) in [6.07, 6.45) is 3.57. The molecule has 0 bridgehead atoms. The monoisotopic (exact) mass is 258 g/mol. The molecule has 1 aliphatic rings. The van der Waals surface area contributed by atoms with Crippen molar-refractivity contribution in [1.82, 2.24) is 4.98 Å². The fourth-order valence-corrected chi connectivity index (χ4v) is 2.38. The minimum atomic E-state index is -0.343. The summed E-state index contributed by atoms with van der Waals surface area (Å²) in [6.45, 7) is 1.71. The lowest BCUT2D eigenvalue weighted by Crippen LogP contribution is -2.40. The third-order valence-corrected chi connectivity index (χ3v) is 3.35. The highest BCUT2D eigenvalue weighted by atomic mass is 35.5. The Hall–Kier alpha value is -0.870. The number of rotatable bonds is 3. The second-order valence-electron chi connectivity index (χ2n) is 4.22. The van der Waals surface area contributed by atoms with Crippen LogP contribution in [0.5, 0.6) is 0 Å². The van der Waals surface area contributed by atoms with Crippen LogP contribution in [0.25, 0.3) is 0 Å². The van der Waals surface area contributed by atoms with E-state index in [1.165, 1.54) is 12.3 Å². The number of anilines is 1. The minimum Gasteiger partial charge on any atom is -0.380 e. The molecule has 0 N–H and O–H groups in total. The summed E-state index contributed by atoms with van der Waals surface area (Å²) < 4.78 is 18.4. The average molecular weight is 259 g/mol. The van der Waals surface area contributed by atoms with Gasteiger partial charge in [-0.25, -0.2) is 9.37 Å². The van der Waals surface area contributed by atoms with Gasteiger partial charge in [-0.3, -0.25) is 0 Å². The van der Waals surface area contributed by atoms with Crippen LogP contribution in [-0.2, 0) is 10.6 Å². The first-order valence-electron chi connectivity index (χ1n) is 5.72. The van der Waals surface area contributed by atoms with Crippen molar-refractivity contribution in [1.29, 1.82) is 0 Å². The van der Waals surface area contributed by atoms with Gasteiger partial charge in [-0.05, 0) is 18.9 Å². The van der Waals surface area contributed by atoms with Gasteiger partial charge < -0.3 is 9.64 Å². The Balaban J connectivity index is 2.20. The van der Waals surface area contributed by atoms with E-state index in [0.717, 1.165) is 37.3 Å². The molecule has 0 spiro atoms. The number of hydrogen-bond donors (Lipinski definition) is 0. The Morgan fingerprint density at radius 2 is 2.47 bits per heavy atom. The van der Waals surface area contributed by atoms with Crippen molar-refractivity contribution in [3.63, 3.8) is 0 Å². The number of aromatic nitrogens is 1. The summed E-state index contributed by atoms with van der Waals surface area (Å²) in [5.74, 6) is 0.710. The highest BCUT2D eigenvalue weighted by Crippen LogP contribution is 2.24. The SMILES string of the molecule is COC1CCCN(c2ncc(F)cc2CCl)C1. The minimum absolute atomic E-state index is 0.221. The van der Waals surface area contributed by atoms with Crippen LogP contribution in [0.4, 0.5) is 10.2 Å². The highest BCUT2D eigenvalue weighted by molar-refractivity contribution is 6.17. The number of halogens is 2. The summed E-state index contributed by atoms with van der Waals surface area (Å²) in [5.41, 5.74) is 0.739. The Morgan fingerprint density at radius 1 is 1.65 bits per heavy atom. The van der Waals surface area contributed by atoms with Gasteiger partial charge in [-0.1, -0.05) is 0 Å². The van der Waals surface area contributed by atoms with Crippen LogP contribution >= 0.6 is 11.6 Å². The maximum atomic E-state index is 13.1. The van der Waals surface area contributed by atoms with Crippen LogP contribution in [-0.4, -0.2) is 31.3 Å². The summed E-state index contributed by atoms with van der Waals surface area (Å²) in [6, 6.07) is 1.45. The van der Waals surface area contributed by atoms with E-state index >= 15 is 0 Å². The van der Waals surface area contributed by atoms with Gasteiger partial charge in [-0.15, -0.1) is 11.6 Å². The molecule has 94 valence electrons. The van der Waals surface area contributed by atoms with Gasteiger partial charge in [0.25, 0.3) is 0 Å². The molecular weight excluding hydrogens is 243 g/mol. The second-order valence-corrected chi connectivity index (χ2v) is 4.48. The third-order valence-electron chi connectivity index (χ3n) is 3.06. The van der Waals surface area contributed by atoms with Crippen LogP contribution in [0, 0.1) is 5.82 Å². The predicted octanol–water partition coefficient (Wildman–Crippen LogP) is 2.57. The maximum Gasteiger partial charge on any atom is 0.141 e. The van der Waals surface area contributed by atoms with Crippen molar-refractivity contribution in [3.8, 4) is 0 Å². The number of alkyl halides is 1. The summed E-state index contributed by atoms with van der Waals surface area (Å²) in [5, 5.41) is 0. The lowest BCUT2D eigenvalue weighted by molar-refractivity contribution is 0.0891. The fourth-order valence-electron chi connectivity index (χ4n) is 2.18. The number of pyridine rings is 1. The van der Waals surface area contributed by atoms with Gasteiger partial charge in [0.1, 0.15) is 11.6 Å². The lowest BCUT2D eigenvalue weighted by atomic mass is 10.1. The molecule has 3 nitrogen and oxygen atoms in total. The Labute approximate surface area is 106 Å². The molecule has 1 aliphatic heterocycles. The zero-order valence-corrected chi connectivity index (χ0v) is 10.6. The third kappa shape index (κ3) is 2.87. The molecule has 0 aromatic carbocycles. The van der Waals surface area contributed by atoms with E-state index in [1.807, 2.05) is 0 Å². The number of ether oxygens (including phenoxy) is 1. The first kappa shape index (κ1) is 12.6. The summed E-state index contributed by atoms with van der Waals surface area (Å²) in [4.78, 5) is 6.27. The quantitative estimate of drug-likeness (QED) is 0.780. The summed E-state index contributed by atoms with van der Waals surface area (Å²) >= 11 is 5.83. The first-order chi connectivity index (χ1) is 8.24. The molecule has 0 aliphatic carbocycles. The van der Waals surface area contributed by atoms with E-state index in [9.17, 15) is 4.39 Å². The molecule has 0 saturated carbocycles. The molecule has 0 radical (unpaired) electrons. The van der Waals surface area contributed by atoms with Crippen molar-refractivity contribution in [3.05, 3.63) is 23.6 Å². The predicted molar refractivity (Wildman–Crippen MR) is 66.0 cm³/mol. The zero-order chi connectivity index (χ0) is 12.3. The van der Waals surface area contributed by atoms with E-state index in [0.29, 0.717) is 0 Å². The van der Waals surface area contributed by atoms with Crippen LogP contribution in [0.1, 0.15) is 18.4 Å². The molecule has 17 heavy (non-hydrogen) atoms. The van der Waals surface area contributed by atoms with Crippen LogP contribution < -0.4 is 4.90 Å². The topological polar surface area (TPSA) is 25.4 Å². The van der Waals surface area contributed by atoms with Crippen molar-refractivity contribution >= 4 is 17.4 Å². The molecule has 2 heterocycles. The van der Waals surface area contributed by atoms with Gasteiger partial charge in [0.2, 0.25) is 0 Å². The molecule has 1 aromatic rings. The molecule has 0 amide bonds. The molecule has 1 saturated heterocycles. The Bertz CT molecular complexity index is 389. The highest BCUT2D eigenvalue weighted by Gasteiger charge is 2.22. The standard InChI is InChI=1S/C12H16ClFN2O/c1-17-11-3-2-4-16(8-11)12-9(6-13)5-10(14)7-15-12/h5,7,11H,2-4,6,8H2,1H3. The molecule has 5 heteroatoms. The van der Waals surface area contributed by atoms with Crippen molar-refractivity contribution in [2.24, 2.45) is 0 Å². The van der Waals surface area contributed by atoms with Gasteiger partial charge in [-0.2, -0.15) is 0 Å². The van der Waals surface area contributed by atoms with Gasteiger partial charge in [0, 0.05) is 25.8 Å². The van der Waals surface area contributed by atoms with Gasteiger partial charge >= 0.3 is 0 Å². The Morgan fingerprint density at radius 3 is 3.18 bits per heavy atom. The number of nitrogens with zero attached hydrogens (tertiary/aromatic N) is 2. The van der Waals surface area contributed by atoms with Crippen LogP contribution in [0.2, 0.25) is 0 Å². The maximum absolute atomic E-state index is 13.1. The number of hydrogen-bond acceptors (Lipinski definition) is 3. The molecule has 1 atom stereocenters. The molecule has 1 fully saturated rings. The van der Waals surface area contributed by atoms with Crippen LogP contribution in [0.15, 0.2) is 12.3 Å². The first-order valence-corrected chi connectivity index (χ1v) is 6.26. The molecular formula is C12H16ClFN2O. The number of piperidine rings is 1. The molecule has 1 aromatic heterocycles. The van der Waals surface area contributed by atoms with E-state index in [4.69, 9.17) is 16.3 Å². The fraction of sp³-hybridized carbons (Fsp3) is 0.583. The van der Waals surface area contributed by atoms with Crippen molar-refractivity contribution in [2.45, 2.75) is 24.8 Å². The smallest absolute Gasteiger partial charge is 0.141 e. The lowest BCUT2D eigenvalue weighted by Gasteiger charge is -2.33. The zero-order valence-electron chi connectivity index (χ0n) is 9.83. The van der Waals surface area contributed by atoms with E-state index in [-0.39, 0.29) is 17.8 Å². The van der Waals surface area contributed by atoms with Crippen molar-refractivity contribution < 1.29 is 9.13 Å². The normalized spacial score (nSPS) is 20.6. The number of methoxy groups -OCH3 is 1. The van der Waals surface area contributed by atoms with E-state index in [1.54, 1.807) is 7.11 Å². The van der Waals surface area contributed by atoms with Gasteiger partial charge in [0.15, 0.2) is 0 Å². The summed E-state index contributed by atoms with van der Waals surface area (Å²) in [7, 11) is 1.72. The largest absolute Gasteiger partial charge is 0.380 e.